The summed E-state index contributed by atoms with van der Waals surface area (Å²) in [5.74, 6) is -3.55. The Morgan fingerprint density at radius 1 is 1.00 bits per heavy atom. The van der Waals surface area contributed by atoms with Crippen molar-refractivity contribution in [1.29, 1.82) is 0 Å². The summed E-state index contributed by atoms with van der Waals surface area (Å²) in [5.41, 5.74) is 2.07. The molecular formula is C17H13FO4. The maximum Gasteiger partial charge on any atom is 0.376 e. The Bertz CT molecular complexity index is 733. The predicted molar refractivity (Wildman–Crippen MR) is 78.9 cm³/mol. The lowest BCUT2D eigenvalue weighted by atomic mass is 10.0. The topological polar surface area (TPSA) is 74.6 Å². The van der Waals surface area contributed by atoms with E-state index in [4.69, 9.17) is 5.11 Å². The van der Waals surface area contributed by atoms with Crippen LogP contribution in [-0.2, 0) is 16.0 Å². The Hall–Kier alpha value is -2.95. The lowest BCUT2D eigenvalue weighted by Gasteiger charge is -2.05. The van der Waals surface area contributed by atoms with Crippen LogP contribution in [0, 0.1) is 5.82 Å². The van der Waals surface area contributed by atoms with Crippen molar-refractivity contribution in [2.75, 3.05) is 0 Å². The zero-order valence-corrected chi connectivity index (χ0v) is 11.5. The van der Waals surface area contributed by atoms with E-state index >= 15 is 0 Å². The summed E-state index contributed by atoms with van der Waals surface area (Å²) in [7, 11) is 0. The molecule has 4 nitrogen and oxygen atoms in total. The van der Waals surface area contributed by atoms with Gasteiger partial charge in [-0.2, -0.15) is 0 Å². The number of carboxylic acid groups (broad SMARTS) is 1. The molecule has 0 aliphatic heterocycles. The fraction of sp³-hybridized carbons (Fsp3) is 0.0588. The number of carbonyl (C=O) groups excluding carboxylic acids is 1. The van der Waals surface area contributed by atoms with Gasteiger partial charge in [0.25, 0.3) is 5.78 Å². The average Bonchev–Trinajstić information content (AvgIpc) is 2.49. The van der Waals surface area contributed by atoms with Gasteiger partial charge in [-0.3, -0.25) is 4.79 Å². The SMILES string of the molecule is O=C(O)C(=O)/C=C(/O)c1cccc(Cc2ccc(F)cc2)c1. The van der Waals surface area contributed by atoms with Crippen LogP contribution in [0.25, 0.3) is 5.76 Å². The Morgan fingerprint density at radius 2 is 1.68 bits per heavy atom. The second-order valence-electron chi connectivity index (χ2n) is 4.70. The molecule has 112 valence electrons. The van der Waals surface area contributed by atoms with E-state index < -0.39 is 17.5 Å². The number of benzene rings is 2. The summed E-state index contributed by atoms with van der Waals surface area (Å²) in [5, 5.41) is 18.3. The van der Waals surface area contributed by atoms with E-state index in [1.165, 1.54) is 12.1 Å². The molecular weight excluding hydrogens is 287 g/mol. The molecule has 2 aromatic carbocycles. The van der Waals surface area contributed by atoms with Crippen LogP contribution in [0.4, 0.5) is 4.39 Å². The molecule has 0 aromatic heterocycles. The van der Waals surface area contributed by atoms with Crippen LogP contribution in [0.5, 0.6) is 0 Å². The lowest BCUT2D eigenvalue weighted by Crippen LogP contribution is -2.09. The van der Waals surface area contributed by atoms with Crippen LogP contribution < -0.4 is 0 Å². The monoisotopic (exact) mass is 300 g/mol. The molecule has 0 atom stereocenters. The highest BCUT2D eigenvalue weighted by Crippen LogP contribution is 2.16. The number of carbonyl (C=O) groups is 2. The lowest BCUT2D eigenvalue weighted by molar-refractivity contribution is -0.146. The minimum absolute atomic E-state index is 0.315. The highest BCUT2D eigenvalue weighted by molar-refractivity contribution is 6.38. The fourth-order valence-electron chi connectivity index (χ4n) is 1.95. The standard InChI is InChI=1S/C17H13FO4/c18-14-6-4-11(5-7-14)8-12-2-1-3-13(9-12)15(19)10-16(20)17(21)22/h1-7,9-10,19H,8H2,(H,21,22)/b15-10+. The first kappa shape index (κ1) is 15.4. The highest BCUT2D eigenvalue weighted by Gasteiger charge is 2.10. The molecule has 2 rings (SSSR count). The molecule has 0 heterocycles. The van der Waals surface area contributed by atoms with Crippen molar-refractivity contribution < 1.29 is 24.2 Å². The van der Waals surface area contributed by atoms with Crippen LogP contribution in [0.2, 0.25) is 0 Å². The van der Waals surface area contributed by atoms with Crippen molar-refractivity contribution in [2.24, 2.45) is 0 Å². The third kappa shape index (κ3) is 4.02. The zero-order chi connectivity index (χ0) is 16.1. The van der Waals surface area contributed by atoms with Crippen molar-refractivity contribution in [1.82, 2.24) is 0 Å². The first-order valence-electron chi connectivity index (χ1n) is 6.47. The summed E-state index contributed by atoms with van der Waals surface area (Å²) in [4.78, 5) is 21.5. The van der Waals surface area contributed by atoms with Crippen LogP contribution in [0.1, 0.15) is 16.7 Å². The molecule has 0 unspecified atom stereocenters. The maximum absolute atomic E-state index is 12.9. The van der Waals surface area contributed by atoms with Gasteiger partial charge >= 0.3 is 5.97 Å². The van der Waals surface area contributed by atoms with Gasteiger partial charge in [-0.15, -0.1) is 0 Å². The van der Waals surface area contributed by atoms with Gasteiger partial charge in [-0.1, -0.05) is 30.3 Å². The largest absolute Gasteiger partial charge is 0.507 e. The van der Waals surface area contributed by atoms with Crippen LogP contribution in [0.3, 0.4) is 0 Å². The Kier molecular flexibility index (Phi) is 4.68. The van der Waals surface area contributed by atoms with E-state index in [0.29, 0.717) is 18.1 Å². The van der Waals surface area contributed by atoms with E-state index in [1.807, 2.05) is 6.07 Å². The number of aliphatic hydroxyl groups excluding tert-OH is 1. The number of hydrogen-bond acceptors (Lipinski definition) is 3. The molecule has 0 bridgehead atoms. The molecule has 0 aliphatic rings. The van der Waals surface area contributed by atoms with Crippen molar-refractivity contribution in [3.05, 3.63) is 77.1 Å². The molecule has 2 aromatic rings. The van der Waals surface area contributed by atoms with Gasteiger partial charge in [0.1, 0.15) is 11.6 Å². The summed E-state index contributed by atoms with van der Waals surface area (Å²) >= 11 is 0. The van der Waals surface area contributed by atoms with Crippen molar-refractivity contribution >= 4 is 17.5 Å². The van der Waals surface area contributed by atoms with Gasteiger partial charge in [0.2, 0.25) is 0 Å². The van der Waals surface area contributed by atoms with Gasteiger partial charge in [0.15, 0.2) is 0 Å². The van der Waals surface area contributed by atoms with E-state index in [9.17, 15) is 19.1 Å². The second-order valence-corrected chi connectivity index (χ2v) is 4.70. The summed E-state index contributed by atoms with van der Waals surface area (Å²) in [6, 6.07) is 12.8. The number of ketones is 1. The fourth-order valence-corrected chi connectivity index (χ4v) is 1.95. The number of hydrogen-bond donors (Lipinski definition) is 2. The van der Waals surface area contributed by atoms with Crippen LogP contribution in [-0.4, -0.2) is 22.0 Å². The molecule has 22 heavy (non-hydrogen) atoms. The molecule has 0 saturated carbocycles. The van der Waals surface area contributed by atoms with Gasteiger partial charge in [0.05, 0.1) is 0 Å². The third-order valence-corrected chi connectivity index (χ3v) is 3.02. The average molecular weight is 300 g/mol. The minimum atomic E-state index is -1.63. The molecule has 2 N–H and O–H groups in total. The quantitative estimate of drug-likeness (QED) is 0.506. The minimum Gasteiger partial charge on any atom is -0.507 e. The van der Waals surface area contributed by atoms with E-state index in [0.717, 1.165) is 11.1 Å². The molecule has 5 heteroatoms. The third-order valence-electron chi connectivity index (χ3n) is 3.02. The van der Waals surface area contributed by atoms with Crippen LogP contribution >= 0.6 is 0 Å². The molecule has 0 saturated heterocycles. The van der Waals surface area contributed by atoms with Crippen LogP contribution in [0.15, 0.2) is 54.6 Å². The number of aliphatic carboxylic acids is 1. The first-order chi connectivity index (χ1) is 10.5. The van der Waals surface area contributed by atoms with E-state index in [1.54, 1.807) is 30.3 Å². The smallest absolute Gasteiger partial charge is 0.376 e. The van der Waals surface area contributed by atoms with Gasteiger partial charge in [0, 0.05) is 11.6 Å². The number of rotatable bonds is 5. The highest BCUT2D eigenvalue weighted by atomic mass is 19.1. The Balaban J connectivity index is 2.21. The van der Waals surface area contributed by atoms with E-state index in [-0.39, 0.29) is 5.82 Å². The van der Waals surface area contributed by atoms with Crippen molar-refractivity contribution in [3.63, 3.8) is 0 Å². The molecule has 0 spiro atoms. The Morgan fingerprint density at radius 3 is 2.32 bits per heavy atom. The molecule has 0 radical (unpaired) electrons. The van der Waals surface area contributed by atoms with Gasteiger partial charge < -0.3 is 10.2 Å². The number of halogens is 1. The maximum atomic E-state index is 12.9. The number of carboxylic acids is 1. The van der Waals surface area contributed by atoms with E-state index in [2.05, 4.69) is 0 Å². The predicted octanol–water partition coefficient (Wildman–Crippen LogP) is 2.97. The van der Waals surface area contributed by atoms with Gasteiger partial charge in [-0.05, 0) is 35.7 Å². The Labute approximate surface area is 126 Å². The molecule has 0 amide bonds. The number of aliphatic hydroxyl groups is 1. The normalized spacial score (nSPS) is 11.2. The summed E-state index contributed by atoms with van der Waals surface area (Å²) < 4.78 is 12.9. The first-order valence-corrected chi connectivity index (χ1v) is 6.47. The summed E-state index contributed by atoms with van der Waals surface area (Å²) in [6.45, 7) is 0. The zero-order valence-electron chi connectivity index (χ0n) is 11.5. The van der Waals surface area contributed by atoms with Crippen molar-refractivity contribution in [2.45, 2.75) is 6.42 Å². The van der Waals surface area contributed by atoms with Crippen molar-refractivity contribution in [3.8, 4) is 0 Å². The summed E-state index contributed by atoms with van der Waals surface area (Å²) in [6.07, 6.45) is 1.19. The molecule has 0 aliphatic carbocycles. The second kappa shape index (κ2) is 6.67. The molecule has 0 fully saturated rings. The van der Waals surface area contributed by atoms with Gasteiger partial charge in [-0.25, -0.2) is 9.18 Å².